The van der Waals surface area contributed by atoms with E-state index in [2.05, 4.69) is 16.0 Å². The van der Waals surface area contributed by atoms with Crippen LogP contribution in [0, 0.1) is 17.0 Å². The molecule has 0 saturated heterocycles. The smallest absolute Gasteiger partial charge is 0.315 e. The molecule has 3 amide bonds. The van der Waals surface area contributed by atoms with Gasteiger partial charge in [-0.3, -0.25) is 14.9 Å². The van der Waals surface area contributed by atoms with E-state index >= 15 is 0 Å². The number of nitro groups is 1. The Morgan fingerprint density at radius 3 is 2.71 bits per heavy atom. The Morgan fingerprint density at radius 1 is 1.25 bits per heavy atom. The Labute approximate surface area is 137 Å². The van der Waals surface area contributed by atoms with E-state index in [1.54, 1.807) is 25.1 Å². The number of anilines is 1. The predicted molar refractivity (Wildman–Crippen MR) is 85.4 cm³/mol. The van der Waals surface area contributed by atoms with Crippen LogP contribution in [-0.4, -0.2) is 23.4 Å². The second-order valence-electron chi connectivity index (χ2n) is 4.92. The third kappa shape index (κ3) is 4.83. The Balaban J connectivity index is 1.79. The van der Waals surface area contributed by atoms with Gasteiger partial charge in [0.2, 0.25) is 5.91 Å². The zero-order chi connectivity index (χ0) is 17.5. The lowest BCUT2D eigenvalue weighted by molar-refractivity contribution is -0.385. The van der Waals surface area contributed by atoms with Gasteiger partial charge in [-0.25, -0.2) is 4.79 Å². The maximum absolute atomic E-state index is 11.8. The van der Waals surface area contributed by atoms with Crippen molar-refractivity contribution in [2.75, 3.05) is 11.9 Å². The number of hydrogen-bond acceptors (Lipinski definition) is 5. The summed E-state index contributed by atoms with van der Waals surface area (Å²) < 4.78 is 5.05. The van der Waals surface area contributed by atoms with Crippen LogP contribution in [0.1, 0.15) is 11.3 Å². The van der Waals surface area contributed by atoms with E-state index in [-0.39, 0.29) is 24.5 Å². The summed E-state index contributed by atoms with van der Waals surface area (Å²) in [5.74, 6) is 0.0860. The molecule has 0 atom stereocenters. The zero-order valence-corrected chi connectivity index (χ0v) is 12.9. The minimum atomic E-state index is -0.531. The lowest BCUT2D eigenvalue weighted by Gasteiger charge is -2.08. The molecule has 0 bridgehead atoms. The van der Waals surface area contributed by atoms with Gasteiger partial charge in [0, 0.05) is 17.3 Å². The van der Waals surface area contributed by atoms with Crippen molar-refractivity contribution in [3.63, 3.8) is 0 Å². The molecule has 9 nitrogen and oxygen atoms in total. The highest BCUT2D eigenvalue weighted by Gasteiger charge is 2.12. The van der Waals surface area contributed by atoms with Gasteiger partial charge in [0.25, 0.3) is 5.69 Å². The topological polar surface area (TPSA) is 127 Å². The summed E-state index contributed by atoms with van der Waals surface area (Å²) in [6, 6.07) is 7.23. The van der Waals surface area contributed by atoms with Crippen LogP contribution in [0.5, 0.6) is 0 Å². The van der Waals surface area contributed by atoms with Crippen LogP contribution in [0.3, 0.4) is 0 Å². The highest BCUT2D eigenvalue weighted by atomic mass is 16.6. The van der Waals surface area contributed by atoms with Crippen molar-refractivity contribution in [2.24, 2.45) is 0 Å². The van der Waals surface area contributed by atoms with Gasteiger partial charge in [0.15, 0.2) is 0 Å². The van der Waals surface area contributed by atoms with Crippen molar-refractivity contribution in [1.29, 1.82) is 0 Å². The van der Waals surface area contributed by atoms with Crippen molar-refractivity contribution in [2.45, 2.75) is 13.5 Å². The minimum absolute atomic E-state index is 0.0862. The molecule has 0 aliphatic rings. The zero-order valence-electron chi connectivity index (χ0n) is 12.9. The quantitative estimate of drug-likeness (QED) is 0.550. The highest BCUT2D eigenvalue weighted by Crippen LogP contribution is 2.22. The van der Waals surface area contributed by atoms with Gasteiger partial charge in [-0.05, 0) is 25.1 Å². The number of nitro benzene ring substituents is 1. The summed E-state index contributed by atoms with van der Waals surface area (Å²) in [6.45, 7) is 1.53. The lowest BCUT2D eigenvalue weighted by Crippen LogP contribution is -2.39. The van der Waals surface area contributed by atoms with E-state index in [1.165, 1.54) is 18.4 Å². The van der Waals surface area contributed by atoms with Crippen LogP contribution in [-0.2, 0) is 11.3 Å². The van der Waals surface area contributed by atoms with E-state index in [9.17, 15) is 19.7 Å². The molecule has 24 heavy (non-hydrogen) atoms. The number of rotatable bonds is 6. The maximum atomic E-state index is 11.8. The number of carbonyl (C=O) groups excluding carboxylic acids is 2. The molecule has 0 spiro atoms. The fourth-order valence-corrected chi connectivity index (χ4v) is 1.89. The summed E-state index contributed by atoms with van der Waals surface area (Å²) in [5, 5.41) is 18.2. The molecule has 2 rings (SSSR count). The van der Waals surface area contributed by atoms with E-state index in [4.69, 9.17) is 4.42 Å². The largest absolute Gasteiger partial charge is 0.467 e. The monoisotopic (exact) mass is 332 g/mol. The van der Waals surface area contributed by atoms with Gasteiger partial charge in [0.05, 0.1) is 24.3 Å². The molecular formula is C15H16N4O5. The Kier molecular flexibility index (Phi) is 5.50. The summed E-state index contributed by atoms with van der Waals surface area (Å²) in [7, 11) is 0. The first-order valence-corrected chi connectivity index (χ1v) is 7.04. The molecule has 0 fully saturated rings. The molecule has 0 aliphatic carbocycles. The molecule has 0 aliphatic heterocycles. The molecule has 0 unspecified atom stereocenters. The average molecular weight is 332 g/mol. The summed E-state index contributed by atoms with van der Waals surface area (Å²) in [4.78, 5) is 33.7. The lowest BCUT2D eigenvalue weighted by atomic mass is 10.2. The molecule has 2 aromatic rings. The van der Waals surface area contributed by atoms with Crippen molar-refractivity contribution >= 4 is 23.3 Å². The van der Waals surface area contributed by atoms with Crippen molar-refractivity contribution in [3.05, 3.63) is 58.0 Å². The standard InChI is InChI=1S/C15H16N4O5/c1-10-4-5-11(7-13(10)19(22)23)18-14(20)9-17-15(21)16-8-12-3-2-6-24-12/h2-7H,8-9H2,1H3,(H,18,20)(H2,16,17,21). The number of hydrogen-bond donors (Lipinski definition) is 3. The van der Waals surface area contributed by atoms with Crippen LogP contribution < -0.4 is 16.0 Å². The van der Waals surface area contributed by atoms with Gasteiger partial charge in [0.1, 0.15) is 5.76 Å². The Bertz CT molecular complexity index is 742. The first-order valence-electron chi connectivity index (χ1n) is 7.04. The average Bonchev–Trinajstić information content (AvgIpc) is 3.06. The maximum Gasteiger partial charge on any atom is 0.315 e. The molecule has 0 saturated carbocycles. The normalized spacial score (nSPS) is 10.0. The molecule has 0 radical (unpaired) electrons. The number of benzene rings is 1. The van der Waals surface area contributed by atoms with Crippen molar-refractivity contribution < 1.29 is 18.9 Å². The van der Waals surface area contributed by atoms with Crippen LogP contribution in [0.2, 0.25) is 0 Å². The summed E-state index contributed by atoms with van der Waals surface area (Å²) in [5.41, 5.74) is 0.695. The molecule has 1 aromatic carbocycles. The fraction of sp³-hybridized carbons (Fsp3) is 0.200. The number of nitrogens with zero attached hydrogens (tertiary/aromatic N) is 1. The molecule has 9 heteroatoms. The summed E-state index contributed by atoms with van der Waals surface area (Å²) >= 11 is 0. The predicted octanol–water partition coefficient (Wildman–Crippen LogP) is 1.93. The molecule has 3 N–H and O–H groups in total. The number of aryl methyl sites for hydroxylation is 1. The van der Waals surface area contributed by atoms with Crippen molar-refractivity contribution in [1.82, 2.24) is 10.6 Å². The second-order valence-corrected chi connectivity index (χ2v) is 4.92. The molecular weight excluding hydrogens is 316 g/mol. The first kappa shape index (κ1) is 17.0. The highest BCUT2D eigenvalue weighted by molar-refractivity contribution is 5.94. The molecule has 1 heterocycles. The minimum Gasteiger partial charge on any atom is -0.467 e. The third-order valence-corrected chi connectivity index (χ3v) is 3.10. The Hall–Kier alpha value is -3.36. The Morgan fingerprint density at radius 2 is 2.04 bits per heavy atom. The van der Waals surface area contributed by atoms with Crippen LogP contribution in [0.15, 0.2) is 41.0 Å². The van der Waals surface area contributed by atoms with Crippen LogP contribution in [0.25, 0.3) is 0 Å². The number of carbonyl (C=O) groups is 2. The van der Waals surface area contributed by atoms with Gasteiger partial charge < -0.3 is 20.4 Å². The van der Waals surface area contributed by atoms with E-state index in [1.807, 2.05) is 0 Å². The van der Waals surface area contributed by atoms with Crippen molar-refractivity contribution in [3.8, 4) is 0 Å². The van der Waals surface area contributed by atoms with Crippen LogP contribution >= 0.6 is 0 Å². The van der Waals surface area contributed by atoms with Gasteiger partial charge >= 0.3 is 6.03 Å². The van der Waals surface area contributed by atoms with Gasteiger partial charge in [-0.15, -0.1) is 0 Å². The summed E-state index contributed by atoms with van der Waals surface area (Å²) in [6.07, 6.45) is 1.49. The molecule has 1 aromatic heterocycles. The number of furan rings is 1. The van der Waals surface area contributed by atoms with Gasteiger partial charge in [-0.1, -0.05) is 6.07 Å². The van der Waals surface area contributed by atoms with Crippen LogP contribution in [0.4, 0.5) is 16.2 Å². The van der Waals surface area contributed by atoms with E-state index in [0.29, 0.717) is 11.3 Å². The number of urea groups is 1. The SMILES string of the molecule is Cc1ccc(NC(=O)CNC(=O)NCc2ccco2)cc1[N+](=O)[O-]. The van der Waals surface area contributed by atoms with E-state index in [0.717, 1.165) is 0 Å². The van der Waals surface area contributed by atoms with Gasteiger partial charge in [-0.2, -0.15) is 0 Å². The fourth-order valence-electron chi connectivity index (χ4n) is 1.89. The second kappa shape index (κ2) is 7.77. The number of amides is 3. The van der Waals surface area contributed by atoms with E-state index < -0.39 is 16.9 Å². The first-order chi connectivity index (χ1) is 11.5. The number of nitrogens with one attached hydrogen (secondary N) is 3. The molecule has 126 valence electrons. The third-order valence-electron chi connectivity index (χ3n) is 3.10.